The minimum atomic E-state index is -4.55. The molecule has 4 rings (SSSR count). The lowest BCUT2D eigenvalue weighted by Gasteiger charge is -2.23. The van der Waals surface area contributed by atoms with Crippen molar-refractivity contribution >= 4 is 29.1 Å². The van der Waals surface area contributed by atoms with Crippen molar-refractivity contribution < 1.29 is 13.2 Å². The van der Waals surface area contributed by atoms with Crippen molar-refractivity contribution in [2.45, 2.75) is 44.3 Å². The highest BCUT2D eigenvalue weighted by Gasteiger charge is 2.33. The SMILES string of the molecule is FC(F)(F)c1cc(Nc2cc(-c3ccncc3)nc(NC3CCCCC3)n2)ccc1Cl. The smallest absolute Gasteiger partial charge is 0.351 e. The normalized spacial score (nSPS) is 15.0. The number of nitrogens with one attached hydrogen (secondary N) is 2. The molecule has 0 radical (unpaired) electrons. The van der Waals surface area contributed by atoms with E-state index in [1.54, 1.807) is 18.5 Å². The van der Waals surface area contributed by atoms with Gasteiger partial charge in [0.05, 0.1) is 16.3 Å². The van der Waals surface area contributed by atoms with Crippen molar-refractivity contribution in [3.63, 3.8) is 0 Å². The molecule has 0 spiro atoms. The molecule has 1 aliphatic rings. The number of nitrogens with zero attached hydrogens (tertiary/aromatic N) is 3. The molecule has 1 aromatic carbocycles. The minimum Gasteiger partial charge on any atom is -0.351 e. The van der Waals surface area contributed by atoms with Crippen LogP contribution in [0.15, 0.2) is 48.8 Å². The number of hydrogen-bond donors (Lipinski definition) is 2. The molecule has 5 nitrogen and oxygen atoms in total. The Hall–Kier alpha value is -2.87. The summed E-state index contributed by atoms with van der Waals surface area (Å²) in [5.74, 6) is 0.823. The minimum absolute atomic E-state index is 0.236. The largest absolute Gasteiger partial charge is 0.417 e. The zero-order valence-electron chi connectivity index (χ0n) is 16.6. The Kier molecular flexibility index (Phi) is 6.27. The molecule has 0 saturated heterocycles. The zero-order chi connectivity index (χ0) is 21.8. The first kappa shape index (κ1) is 21.4. The summed E-state index contributed by atoms with van der Waals surface area (Å²) in [5.41, 5.74) is 0.810. The van der Waals surface area contributed by atoms with Crippen molar-refractivity contribution in [1.82, 2.24) is 15.0 Å². The summed E-state index contributed by atoms with van der Waals surface area (Å²) in [5, 5.41) is 6.00. The van der Waals surface area contributed by atoms with E-state index in [-0.39, 0.29) is 16.8 Å². The van der Waals surface area contributed by atoms with Crippen molar-refractivity contribution in [3.05, 3.63) is 59.4 Å². The van der Waals surface area contributed by atoms with Crippen LogP contribution < -0.4 is 10.6 Å². The Morgan fingerprint density at radius 2 is 1.68 bits per heavy atom. The first-order chi connectivity index (χ1) is 14.9. The lowest BCUT2D eigenvalue weighted by Crippen LogP contribution is -2.23. The van der Waals surface area contributed by atoms with Gasteiger partial charge in [0.1, 0.15) is 5.82 Å². The van der Waals surface area contributed by atoms with Crippen LogP contribution in [0.3, 0.4) is 0 Å². The summed E-state index contributed by atoms with van der Waals surface area (Å²) in [6.45, 7) is 0. The average molecular weight is 448 g/mol. The predicted octanol–water partition coefficient (Wildman–Crippen LogP) is 6.70. The van der Waals surface area contributed by atoms with Gasteiger partial charge in [-0.2, -0.15) is 18.2 Å². The number of anilines is 3. The third kappa shape index (κ3) is 5.44. The Balaban J connectivity index is 1.67. The van der Waals surface area contributed by atoms with Crippen LogP contribution in [-0.4, -0.2) is 21.0 Å². The van der Waals surface area contributed by atoms with Crippen LogP contribution in [0.4, 0.5) is 30.6 Å². The second-order valence-corrected chi connectivity index (χ2v) is 7.90. The molecule has 1 saturated carbocycles. The quantitative estimate of drug-likeness (QED) is 0.455. The van der Waals surface area contributed by atoms with Crippen molar-refractivity contribution in [2.75, 3.05) is 10.6 Å². The van der Waals surface area contributed by atoms with Gasteiger partial charge in [-0.1, -0.05) is 30.9 Å². The van der Waals surface area contributed by atoms with Crippen LogP contribution in [0.2, 0.25) is 5.02 Å². The van der Waals surface area contributed by atoms with E-state index in [1.807, 2.05) is 12.1 Å². The summed E-state index contributed by atoms with van der Waals surface area (Å²) in [4.78, 5) is 13.1. The van der Waals surface area contributed by atoms with Gasteiger partial charge in [-0.3, -0.25) is 4.98 Å². The van der Waals surface area contributed by atoms with E-state index in [9.17, 15) is 13.2 Å². The maximum absolute atomic E-state index is 13.2. The molecule has 0 aliphatic heterocycles. The fraction of sp³-hybridized carbons (Fsp3) is 0.318. The molecule has 9 heteroatoms. The van der Waals surface area contributed by atoms with Gasteiger partial charge in [0.2, 0.25) is 5.95 Å². The summed E-state index contributed by atoms with van der Waals surface area (Å²) >= 11 is 5.73. The highest BCUT2D eigenvalue weighted by molar-refractivity contribution is 6.31. The molecule has 162 valence electrons. The van der Waals surface area contributed by atoms with Gasteiger partial charge in [0.25, 0.3) is 0 Å². The van der Waals surface area contributed by atoms with Gasteiger partial charge in [-0.15, -0.1) is 0 Å². The fourth-order valence-electron chi connectivity index (χ4n) is 3.64. The lowest BCUT2D eigenvalue weighted by molar-refractivity contribution is -0.137. The van der Waals surface area contributed by atoms with E-state index < -0.39 is 11.7 Å². The molecule has 1 aliphatic carbocycles. The van der Waals surface area contributed by atoms with E-state index in [1.165, 1.54) is 18.6 Å². The van der Waals surface area contributed by atoms with Crippen molar-refractivity contribution in [3.8, 4) is 11.3 Å². The van der Waals surface area contributed by atoms with E-state index in [0.29, 0.717) is 17.5 Å². The maximum atomic E-state index is 13.2. The fourth-order valence-corrected chi connectivity index (χ4v) is 3.87. The molecule has 2 aromatic heterocycles. The predicted molar refractivity (Wildman–Crippen MR) is 115 cm³/mol. The topological polar surface area (TPSA) is 62.7 Å². The van der Waals surface area contributed by atoms with Crippen molar-refractivity contribution in [1.29, 1.82) is 0 Å². The van der Waals surface area contributed by atoms with E-state index in [0.717, 1.165) is 37.3 Å². The Morgan fingerprint density at radius 1 is 0.935 bits per heavy atom. The highest BCUT2D eigenvalue weighted by Crippen LogP contribution is 2.37. The molecule has 2 N–H and O–H groups in total. The zero-order valence-corrected chi connectivity index (χ0v) is 17.3. The number of benzene rings is 1. The monoisotopic (exact) mass is 447 g/mol. The summed E-state index contributed by atoms with van der Waals surface area (Å²) in [6.07, 6.45) is 4.38. The number of alkyl halides is 3. The number of hydrogen-bond acceptors (Lipinski definition) is 5. The van der Waals surface area contributed by atoms with Gasteiger partial charge in [0, 0.05) is 35.8 Å². The molecule has 0 bridgehead atoms. The first-order valence-electron chi connectivity index (χ1n) is 10.1. The first-order valence-corrected chi connectivity index (χ1v) is 10.5. The average Bonchev–Trinajstić information content (AvgIpc) is 2.75. The molecule has 31 heavy (non-hydrogen) atoms. The summed E-state index contributed by atoms with van der Waals surface area (Å²) < 4.78 is 39.7. The second-order valence-electron chi connectivity index (χ2n) is 7.49. The number of halogens is 4. The number of aromatic nitrogens is 3. The van der Waals surface area contributed by atoms with E-state index in [2.05, 4.69) is 25.6 Å². The van der Waals surface area contributed by atoms with E-state index in [4.69, 9.17) is 11.6 Å². The summed E-state index contributed by atoms with van der Waals surface area (Å²) in [6, 6.07) is 9.30. The molecule has 0 unspecified atom stereocenters. The molecule has 0 atom stereocenters. The molecule has 1 fully saturated rings. The van der Waals surface area contributed by atoms with Crippen LogP contribution in [0.25, 0.3) is 11.3 Å². The Labute approximate surface area is 183 Å². The molecule has 0 amide bonds. The van der Waals surface area contributed by atoms with Gasteiger partial charge < -0.3 is 10.6 Å². The summed E-state index contributed by atoms with van der Waals surface area (Å²) in [7, 11) is 0. The second kappa shape index (κ2) is 9.09. The van der Waals surface area contributed by atoms with Gasteiger partial charge in [-0.25, -0.2) is 4.98 Å². The third-order valence-corrected chi connectivity index (χ3v) is 5.51. The maximum Gasteiger partial charge on any atom is 0.417 e. The molecular formula is C22H21ClF3N5. The van der Waals surface area contributed by atoms with Crippen LogP contribution in [0.5, 0.6) is 0 Å². The Morgan fingerprint density at radius 3 is 2.39 bits per heavy atom. The van der Waals surface area contributed by atoms with Crippen LogP contribution in [0, 0.1) is 0 Å². The number of pyridine rings is 1. The van der Waals surface area contributed by atoms with Crippen LogP contribution >= 0.6 is 11.6 Å². The molecular weight excluding hydrogens is 427 g/mol. The standard InChI is InChI=1S/C22H21ClF3N5/c23-18-7-6-16(12-17(18)22(24,25)26)28-20-13-19(14-8-10-27-11-9-14)30-21(31-20)29-15-4-2-1-3-5-15/h6-13,15H,1-5H2,(H2,28,29,30,31). The van der Waals surface area contributed by atoms with Gasteiger partial charge in [0.15, 0.2) is 0 Å². The van der Waals surface area contributed by atoms with Gasteiger partial charge >= 0.3 is 6.18 Å². The third-order valence-electron chi connectivity index (χ3n) is 5.18. The van der Waals surface area contributed by atoms with Gasteiger partial charge in [-0.05, 0) is 43.2 Å². The van der Waals surface area contributed by atoms with Crippen LogP contribution in [-0.2, 0) is 6.18 Å². The molecule has 3 aromatic rings. The van der Waals surface area contributed by atoms with E-state index >= 15 is 0 Å². The molecule has 2 heterocycles. The number of rotatable bonds is 5. The van der Waals surface area contributed by atoms with Crippen LogP contribution in [0.1, 0.15) is 37.7 Å². The highest BCUT2D eigenvalue weighted by atomic mass is 35.5. The van der Waals surface area contributed by atoms with Crippen molar-refractivity contribution in [2.24, 2.45) is 0 Å². The lowest BCUT2D eigenvalue weighted by atomic mass is 9.96. The Bertz CT molecular complexity index is 1040.